The molecule has 278 valence electrons. The molecule has 1 N–H and O–H groups in total. The monoisotopic (exact) mass is 682 g/mol. The number of esters is 1. The number of cyclic esters (lactones) is 1. The summed E-state index contributed by atoms with van der Waals surface area (Å²) in [5.41, 5.74) is -1.43. The van der Waals surface area contributed by atoms with Crippen molar-refractivity contribution in [1.82, 2.24) is 19.6 Å². The second-order valence-corrected chi connectivity index (χ2v) is 16.0. The number of hydrogen-bond donors (Lipinski definition) is 1. The van der Waals surface area contributed by atoms with E-state index in [2.05, 4.69) is 18.9 Å². The van der Waals surface area contributed by atoms with Gasteiger partial charge >= 0.3 is 5.97 Å². The zero-order valence-corrected chi connectivity index (χ0v) is 31.8. The van der Waals surface area contributed by atoms with Crippen LogP contribution in [0.25, 0.3) is 0 Å². The molecule has 9 atom stereocenters. The number of aliphatic hydroxyl groups is 1. The first-order valence-corrected chi connectivity index (χ1v) is 17.9. The molecule has 0 radical (unpaired) electrons. The van der Waals surface area contributed by atoms with Crippen molar-refractivity contribution in [2.75, 3.05) is 69.1 Å². The van der Waals surface area contributed by atoms with Gasteiger partial charge in [-0.3, -0.25) is 19.3 Å². The Morgan fingerprint density at radius 1 is 1.02 bits per heavy atom. The van der Waals surface area contributed by atoms with E-state index in [-0.39, 0.29) is 54.4 Å². The molecule has 0 aromatic heterocycles. The Balaban J connectivity index is 1.85. The van der Waals surface area contributed by atoms with Crippen molar-refractivity contribution in [2.24, 2.45) is 23.2 Å². The summed E-state index contributed by atoms with van der Waals surface area (Å²) in [5.74, 6) is -1.06. The first-order chi connectivity index (χ1) is 22.4. The maximum Gasteiger partial charge on any atom is 0.319 e. The van der Waals surface area contributed by atoms with Gasteiger partial charge < -0.3 is 38.8 Å². The normalized spacial score (nSPS) is 37.8. The third kappa shape index (κ3) is 9.98. The van der Waals surface area contributed by atoms with Crippen LogP contribution in [-0.2, 0) is 33.3 Å². The number of ketones is 1. The predicted octanol–water partition coefficient (Wildman–Crippen LogP) is 2.51. The average molecular weight is 683 g/mol. The van der Waals surface area contributed by atoms with Crippen LogP contribution >= 0.6 is 0 Å². The number of carbonyl (C=O) groups is 3. The number of amides is 1. The minimum absolute atomic E-state index is 0.0347. The molecule has 1 aliphatic carbocycles. The summed E-state index contributed by atoms with van der Waals surface area (Å²) in [7, 11) is 13.2. The van der Waals surface area contributed by atoms with Crippen molar-refractivity contribution in [3.8, 4) is 0 Å². The first kappa shape index (κ1) is 40.8. The molecule has 2 aliphatic heterocycles. The number of rotatable bonds is 8. The van der Waals surface area contributed by atoms with E-state index in [0.717, 1.165) is 32.2 Å². The number of likely N-dealkylation sites (N-methyl/N-ethyl adjacent to an activating group) is 4. The van der Waals surface area contributed by atoms with Gasteiger partial charge in [-0.25, -0.2) is 0 Å². The molecule has 0 aromatic rings. The van der Waals surface area contributed by atoms with Crippen LogP contribution in [-0.4, -0.2) is 160 Å². The van der Waals surface area contributed by atoms with Crippen LogP contribution in [0.2, 0.25) is 0 Å². The van der Waals surface area contributed by atoms with E-state index in [4.69, 9.17) is 18.9 Å². The summed E-state index contributed by atoms with van der Waals surface area (Å²) in [6.45, 7) is 10.4. The predicted molar refractivity (Wildman–Crippen MR) is 184 cm³/mol. The van der Waals surface area contributed by atoms with Crippen LogP contribution in [0.15, 0.2) is 0 Å². The zero-order chi connectivity index (χ0) is 36.1. The molecule has 3 rings (SSSR count). The Morgan fingerprint density at radius 2 is 1.65 bits per heavy atom. The molecule has 1 saturated carbocycles. The second kappa shape index (κ2) is 17.5. The molecule has 12 nitrogen and oxygen atoms in total. The fourth-order valence-electron chi connectivity index (χ4n) is 8.04. The van der Waals surface area contributed by atoms with Gasteiger partial charge in [0, 0.05) is 44.7 Å². The summed E-state index contributed by atoms with van der Waals surface area (Å²) in [6.07, 6.45) is 1.56. The van der Waals surface area contributed by atoms with Crippen LogP contribution in [0.3, 0.4) is 0 Å². The van der Waals surface area contributed by atoms with Crippen LogP contribution in [0.4, 0.5) is 0 Å². The van der Waals surface area contributed by atoms with Crippen molar-refractivity contribution in [3.63, 3.8) is 0 Å². The maximum atomic E-state index is 14.2. The van der Waals surface area contributed by atoms with Crippen LogP contribution in [0.1, 0.15) is 73.1 Å². The fourth-order valence-corrected chi connectivity index (χ4v) is 8.04. The highest BCUT2D eigenvalue weighted by Crippen LogP contribution is 2.36. The number of Topliss-reactive ketones (excluding diaryl/α,β-unsaturated/α-hetero) is 1. The molecular formula is C36H66N4O8. The third-order valence-corrected chi connectivity index (χ3v) is 11.1. The standard InChI is InChI=1S/C36H66N4O8/c1-22-17-29(45-12)32(48-34-31(42)27(38(8)9)18-23(2)47-34)24(3)33(43)36(4,5)35(44)46-21-28(39(10)19-22)25-13-15-26(16-14-25)40(11)30(41)20-37(6)7/h22-29,31-32,34,42H,13-21H2,1-12H3/t22-,23-,24-,25-,26-,27+,28-,29-,31-,32-,34+/m1/s1. The molecule has 12 heteroatoms. The third-order valence-electron chi connectivity index (χ3n) is 11.1. The van der Waals surface area contributed by atoms with Crippen molar-refractivity contribution < 1.29 is 38.4 Å². The van der Waals surface area contributed by atoms with Gasteiger partial charge in [0.1, 0.15) is 18.1 Å². The van der Waals surface area contributed by atoms with E-state index in [9.17, 15) is 19.5 Å². The lowest BCUT2D eigenvalue weighted by atomic mass is 9.78. The molecule has 3 fully saturated rings. The summed E-state index contributed by atoms with van der Waals surface area (Å²) in [4.78, 5) is 48.6. The van der Waals surface area contributed by atoms with E-state index in [1.807, 2.05) is 56.9 Å². The number of carbonyl (C=O) groups excluding carboxylic acids is 3. The lowest BCUT2D eigenvalue weighted by Gasteiger charge is -2.44. The highest BCUT2D eigenvalue weighted by Gasteiger charge is 2.48. The Hall–Kier alpha value is -1.67. The van der Waals surface area contributed by atoms with E-state index in [1.165, 1.54) is 0 Å². The van der Waals surface area contributed by atoms with E-state index in [1.54, 1.807) is 27.9 Å². The van der Waals surface area contributed by atoms with Gasteiger partial charge in [-0.2, -0.15) is 0 Å². The lowest BCUT2D eigenvalue weighted by Crippen LogP contribution is -2.57. The highest BCUT2D eigenvalue weighted by atomic mass is 16.7. The van der Waals surface area contributed by atoms with Gasteiger partial charge in [0.15, 0.2) is 12.1 Å². The van der Waals surface area contributed by atoms with Crippen molar-refractivity contribution >= 4 is 17.7 Å². The van der Waals surface area contributed by atoms with Crippen LogP contribution in [0.5, 0.6) is 0 Å². The summed E-state index contributed by atoms with van der Waals surface area (Å²) >= 11 is 0. The van der Waals surface area contributed by atoms with Crippen molar-refractivity contribution in [1.29, 1.82) is 0 Å². The first-order valence-electron chi connectivity index (χ1n) is 17.9. The number of nitrogens with zero attached hydrogens (tertiary/aromatic N) is 4. The molecule has 48 heavy (non-hydrogen) atoms. The minimum atomic E-state index is -1.43. The fraction of sp³-hybridized carbons (Fsp3) is 0.917. The van der Waals surface area contributed by atoms with Gasteiger partial charge in [-0.05, 0) is 106 Å². The summed E-state index contributed by atoms with van der Waals surface area (Å²) < 4.78 is 24.8. The molecule has 0 bridgehead atoms. The Bertz CT molecular complexity index is 1060. The van der Waals surface area contributed by atoms with E-state index in [0.29, 0.717) is 19.4 Å². The zero-order valence-electron chi connectivity index (χ0n) is 31.8. The maximum absolute atomic E-state index is 14.2. The summed E-state index contributed by atoms with van der Waals surface area (Å²) in [6, 6.07) is -0.0201. The van der Waals surface area contributed by atoms with Crippen molar-refractivity contribution in [3.05, 3.63) is 0 Å². The molecule has 0 spiro atoms. The topological polar surface area (TPSA) is 121 Å². The van der Waals surface area contributed by atoms with Gasteiger partial charge in [-0.1, -0.05) is 13.8 Å². The molecule has 0 aromatic carbocycles. The Kier molecular flexibility index (Phi) is 14.9. The summed E-state index contributed by atoms with van der Waals surface area (Å²) in [5, 5.41) is 11.3. The van der Waals surface area contributed by atoms with E-state index >= 15 is 0 Å². The largest absolute Gasteiger partial charge is 0.463 e. The highest BCUT2D eigenvalue weighted by molar-refractivity contribution is 6.04. The van der Waals surface area contributed by atoms with Gasteiger partial charge in [0.25, 0.3) is 0 Å². The molecule has 0 unspecified atom stereocenters. The second-order valence-electron chi connectivity index (χ2n) is 16.0. The molecular weight excluding hydrogens is 616 g/mol. The molecule has 2 saturated heterocycles. The van der Waals surface area contributed by atoms with Crippen LogP contribution < -0.4 is 0 Å². The minimum Gasteiger partial charge on any atom is -0.463 e. The van der Waals surface area contributed by atoms with Gasteiger partial charge in [0.2, 0.25) is 5.91 Å². The SMILES string of the molecule is CO[C@@H]1C[C@@H](C)CN(C)[C@@H]([C@H]2CC[C@H](N(C)C(=O)CN(C)C)CC2)COC(=O)C(C)(C)C(=O)[C@H](C)[C@H]1O[C@@H]1O[C@H](C)C[C@H](N(C)C)[C@H]1O. The number of hydrogen-bond acceptors (Lipinski definition) is 11. The Labute approximate surface area is 289 Å². The quantitative estimate of drug-likeness (QED) is 0.300. The lowest BCUT2D eigenvalue weighted by molar-refractivity contribution is -0.284. The van der Waals surface area contributed by atoms with Gasteiger partial charge in [-0.15, -0.1) is 0 Å². The van der Waals surface area contributed by atoms with E-state index < -0.39 is 41.9 Å². The smallest absolute Gasteiger partial charge is 0.319 e. The van der Waals surface area contributed by atoms with Gasteiger partial charge in [0.05, 0.1) is 24.9 Å². The molecule has 1 amide bonds. The number of aliphatic hydroxyl groups excluding tert-OH is 1. The molecule has 2 heterocycles. The van der Waals surface area contributed by atoms with Crippen molar-refractivity contribution in [2.45, 2.75) is 122 Å². The number of ether oxygens (including phenoxy) is 4. The number of methoxy groups -OCH3 is 1. The molecule has 3 aliphatic rings. The average Bonchev–Trinajstić information content (AvgIpc) is 3.02. The Morgan fingerprint density at radius 3 is 2.21 bits per heavy atom. The van der Waals surface area contributed by atoms with Crippen LogP contribution in [0, 0.1) is 23.2 Å².